The van der Waals surface area contributed by atoms with Crippen LogP contribution in [0.1, 0.15) is 12.1 Å². The van der Waals surface area contributed by atoms with E-state index in [-0.39, 0.29) is 6.42 Å². The number of fused-ring (bicyclic) bond motifs is 1. The molecule has 92 valence electrons. The van der Waals surface area contributed by atoms with E-state index in [0.29, 0.717) is 12.2 Å². The Morgan fingerprint density at radius 1 is 1.56 bits per heavy atom. The van der Waals surface area contributed by atoms with E-state index >= 15 is 0 Å². The van der Waals surface area contributed by atoms with Crippen LogP contribution in [-0.2, 0) is 11.2 Å². The first-order valence-electron chi connectivity index (χ1n) is 5.42. The molecule has 0 aliphatic heterocycles. The number of carboxylic acid groups (broad SMARTS) is 1. The molecule has 0 unspecified atom stereocenters. The summed E-state index contributed by atoms with van der Waals surface area (Å²) in [4.78, 5) is 18.7. The van der Waals surface area contributed by atoms with E-state index < -0.39 is 5.97 Å². The van der Waals surface area contributed by atoms with Crippen molar-refractivity contribution in [1.82, 2.24) is 19.6 Å². The number of aromatic nitrogens is 4. The molecule has 6 nitrogen and oxygen atoms in total. The number of aryl methyl sites for hydroxylation is 1. The summed E-state index contributed by atoms with van der Waals surface area (Å²) >= 11 is 1.47. The Morgan fingerprint density at radius 2 is 2.44 bits per heavy atom. The van der Waals surface area contributed by atoms with Gasteiger partial charge in [0, 0.05) is 29.8 Å². The van der Waals surface area contributed by atoms with Crippen LogP contribution >= 0.6 is 11.3 Å². The summed E-state index contributed by atoms with van der Waals surface area (Å²) in [7, 11) is 0. The molecule has 0 bridgehead atoms. The van der Waals surface area contributed by atoms with Crippen molar-refractivity contribution in [1.29, 1.82) is 0 Å². The molecule has 3 aromatic rings. The lowest BCUT2D eigenvalue weighted by molar-refractivity contribution is -0.136. The Bertz CT molecular complexity index is 683. The monoisotopic (exact) mass is 262 g/mol. The van der Waals surface area contributed by atoms with Crippen LogP contribution < -0.4 is 0 Å². The van der Waals surface area contributed by atoms with E-state index in [1.807, 2.05) is 23.8 Å². The van der Waals surface area contributed by atoms with E-state index in [4.69, 9.17) is 5.11 Å². The van der Waals surface area contributed by atoms with Crippen LogP contribution in [-0.4, -0.2) is 30.7 Å². The Morgan fingerprint density at radius 3 is 3.17 bits per heavy atom. The molecular formula is C11H10N4O2S. The second kappa shape index (κ2) is 4.26. The maximum atomic E-state index is 10.6. The molecule has 0 atom stereocenters. The van der Waals surface area contributed by atoms with Gasteiger partial charge in [0.05, 0.1) is 12.1 Å². The average molecular weight is 262 g/mol. The second-order valence-corrected chi connectivity index (χ2v) is 4.69. The molecule has 0 aliphatic rings. The van der Waals surface area contributed by atoms with E-state index in [1.165, 1.54) is 11.3 Å². The normalized spacial score (nSPS) is 11.1. The molecule has 0 radical (unpaired) electrons. The third kappa shape index (κ3) is 1.88. The summed E-state index contributed by atoms with van der Waals surface area (Å²) < 4.78 is 1.72. The number of aliphatic carboxylic acids is 1. The number of nitrogens with one attached hydrogen (secondary N) is 1. The quantitative estimate of drug-likeness (QED) is 0.751. The number of hydrogen-bond donors (Lipinski definition) is 2. The zero-order chi connectivity index (χ0) is 12.5. The lowest BCUT2D eigenvalue weighted by Gasteiger charge is -1.94. The van der Waals surface area contributed by atoms with Gasteiger partial charge in [0.25, 0.3) is 0 Å². The number of carbonyl (C=O) groups is 1. The maximum absolute atomic E-state index is 10.6. The molecule has 18 heavy (non-hydrogen) atoms. The molecule has 3 aromatic heterocycles. The Kier molecular flexibility index (Phi) is 2.60. The van der Waals surface area contributed by atoms with E-state index in [0.717, 1.165) is 16.2 Å². The zero-order valence-electron chi connectivity index (χ0n) is 9.33. The van der Waals surface area contributed by atoms with Gasteiger partial charge in [-0.1, -0.05) is 0 Å². The molecule has 3 heterocycles. The highest BCUT2D eigenvalue weighted by atomic mass is 32.1. The van der Waals surface area contributed by atoms with Gasteiger partial charge in [-0.2, -0.15) is 4.98 Å². The van der Waals surface area contributed by atoms with Crippen LogP contribution in [0.15, 0.2) is 23.8 Å². The summed E-state index contributed by atoms with van der Waals surface area (Å²) in [5.41, 5.74) is 1.81. The van der Waals surface area contributed by atoms with Crippen molar-refractivity contribution in [2.45, 2.75) is 12.8 Å². The van der Waals surface area contributed by atoms with Crippen molar-refractivity contribution >= 4 is 22.3 Å². The number of carboxylic acids is 1. The van der Waals surface area contributed by atoms with Crippen molar-refractivity contribution in [3.63, 3.8) is 0 Å². The number of nitrogens with zero attached hydrogens (tertiary/aromatic N) is 3. The van der Waals surface area contributed by atoms with Crippen LogP contribution in [0.3, 0.4) is 0 Å². The number of hydrogen-bond acceptors (Lipinski definition) is 4. The Labute approximate surface area is 106 Å². The standard InChI is InChI=1S/C11H10N4O2S/c16-9(17)2-1-8-6-18-11-13-10(14-15(8)11)7-3-4-12-5-7/h3-6,12H,1-2H2,(H,16,17). The summed E-state index contributed by atoms with van der Waals surface area (Å²) in [6, 6.07) is 1.90. The van der Waals surface area contributed by atoms with Crippen molar-refractivity contribution in [2.24, 2.45) is 0 Å². The Hall–Kier alpha value is -2.15. The van der Waals surface area contributed by atoms with Crippen LogP contribution in [0.5, 0.6) is 0 Å². The molecule has 0 saturated heterocycles. The predicted molar refractivity (Wildman–Crippen MR) is 66.6 cm³/mol. The summed E-state index contributed by atoms with van der Waals surface area (Å²) in [6.45, 7) is 0. The molecule has 0 aromatic carbocycles. The Balaban J connectivity index is 1.95. The van der Waals surface area contributed by atoms with Crippen LogP contribution in [0.2, 0.25) is 0 Å². The molecule has 7 heteroatoms. The summed E-state index contributed by atoms with van der Waals surface area (Å²) in [5.74, 6) is -0.153. The number of aromatic amines is 1. The number of rotatable bonds is 4. The van der Waals surface area contributed by atoms with Gasteiger partial charge >= 0.3 is 5.97 Å². The number of H-pyrrole nitrogens is 1. The highest BCUT2D eigenvalue weighted by Gasteiger charge is 2.12. The topological polar surface area (TPSA) is 83.3 Å². The highest BCUT2D eigenvalue weighted by molar-refractivity contribution is 7.15. The van der Waals surface area contributed by atoms with E-state index in [9.17, 15) is 4.79 Å². The third-order valence-corrected chi connectivity index (χ3v) is 3.47. The minimum absolute atomic E-state index is 0.102. The highest BCUT2D eigenvalue weighted by Crippen LogP contribution is 2.20. The van der Waals surface area contributed by atoms with Gasteiger partial charge in [-0.15, -0.1) is 16.4 Å². The minimum atomic E-state index is -0.805. The third-order valence-electron chi connectivity index (χ3n) is 2.60. The van der Waals surface area contributed by atoms with Gasteiger partial charge in [0.1, 0.15) is 0 Å². The SMILES string of the molecule is O=C(O)CCc1csc2nc(-c3cc[nH]c3)nn12. The molecule has 0 aliphatic carbocycles. The lowest BCUT2D eigenvalue weighted by Crippen LogP contribution is -2.00. The minimum Gasteiger partial charge on any atom is -0.481 e. The molecule has 2 N–H and O–H groups in total. The number of thiazole rings is 1. The molecule has 0 spiro atoms. The molecule has 3 rings (SSSR count). The first kappa shape index (κ1) is 11.0. The van der Waals surface area contributed by atoms with Crippen molar-refractivity contribution < 1.29 is 9.90 Å². The van der Waals surface area contributed by atoms with Crippen molar-refractivity contribution in [3.05, 3.63) is 29.5 Å². The van der Waals surface area contributed by atoms with E-state index in [1.54, 1.807) is 4.52 Å². The smallest absolute Gasteiger partial charge is 0.303 e. The molecular weight excluding hydrogens is 252 g/mol. The fraction of sp³-hybridized carbons (Fsp3) is 0.182. The second-order valence-electron chi connectivity index (χ2n) is 3.85. The predicted octanol–water partition coefficient (Wildman–Crippen LogP) is 1.80. The fourth-order valence-corrected chi connectivity index (χ4v) is 2.57. The van der Waals surface area contributed by atoms with Gasteiger partial charge in [-0.3, -0.25) is 4.79 Å². The lowest BCUT2D eigenvalue weighted by atomic mass is 10.2. The van der Waals surface area contributed by atoms with Gasteiger partial charge < -0.3 is 10.1 Å². The summed E-state index contributed by atoms with van der Waals surface area (Å²) in [6.07, 6.45) is 4.21. The van der Waals surface area contributed by atoms with E-state index in [2.05, 4.69) is 15.1 Å². The van der Waals surface area contributed by atoms with Gasteiger partial charge in [0.2, 0.25) is 4.96 Å². The summed E-state index contributed by atoms with van der Waals surface area (Å²) in [5, 5.41) is 15.0. The van der Waals surface area contributed by atoms with Gasteiger partial charge in [0.15, 0.2) is 5.82 Å². The average Bonchev–Trinajstić information content (AvgIpc) is 3.02. The first-order chi connectivity index (χ1) is 8.74. The first-order valence-corrected chi connectivity index (χ1v) is 6.30. The fourth-order valence-electron chi connectivity index (χ4n) is 1.72. The largest absolute Gasteiger partial charge is 0.481 e. The van der Waals surface area contributed by atoms with Gasteiger partial charge in [-0.25, -0.2) is 4.52 Å². The van der Waals surface area contributed by atoms with Crippen LogP contribution in [0.4, 0.5) is 0 Å². The van der Waals surface area contributed by atoms with Crippen molar-refractivity contribution in [3.8, 4) is 11.4 Å². The van der Waals surface area contributed by atoms with Crippen molar-refractivity contribution in [2.75, 3.05) is 0 Å². The molecule has 0 amide bonds. The van der Waals surface area contributed by atoms with Crippen LogP contribution in [0.25, 0.3) is 16.3 Å². The van der Waals surface area contributed by atoms with Gasteiger partial charge in [-0.05, 0) is 6.07 Å². The molecule has 0 fully saturated rings. The molecule has 0 saturated carbocycles. The van der Waals surface area contributed by atoms with Crippen LogP contribution in [0, 0.1) is 0 Å². The zero-order valence-corrected chi connectivity index (χ0v) is 10.1. The maximum Gasteiger partial charge on any atom is 0.303 e.